The molecule has 3 rings (SSSR count). The van der Waals surface area contributed by atoms with Crippen LogP contribution in [0, 0.1) is 12.7 Å². The van der Waals surface area contributed by atoms with E-state index >= 15 is 0 Å². The highest BCUT2D eigenvalue weighted by Gasteiger charge is 2.36. The molecular weight excluding hydrogens is 245 g/mol. The van der Waals surface area contributed by atoms with Crippen LogP contribution in [0.15, 0.2) is 22.7 Å². The molecule has 1 aliphatic rings. The SMILES string of the molecule is Cc1cc(F)ccc1-c1noc(C2(C)CCNC2)n1. The van der Waals surface area contributed by atoms with E-state index in [-0.39, 0.29) is 11.2 Å². The first kappa shape index (κ1) is 12.3. The average Bonchev–Trinajstić information content (AvgIpc) is 2.99. The van der Waals surface area contributed by atoms with Crippen molar-refractivity contribution in [3.05, 3.63) is 35.5 Å². The predicted octanol–water partition coefficient (Wildman–Crippen LogP) is 2.44. The van der Waals surface area contributed by atoms with Gasteiger partial charge in [0.2, 0.25) is 11.7 Å². The fourth-order valence-electron chi connectivity index (χ4n) is 2.46. The van der Waals surface area contributed by atoms with Crippen molar-refractivity contribution in [1.29, 1.82) is 0 Å². The Hall–Kier alpha value is -1.75. The summed E-state index contributed by atoms with van der Waals surface area (Å²) in [4.78, 5) is 4.48. The van der Waals surface area contributed by atoms with E-state index in [1.165, 1.54) is 12.1 Å². The lowest BCUT2D eigenvalue weighted by molar-refractivity contribution is 0.306. The van der Waals surface area contributed by atoms with Crippen LogP contribution < -0.4 is 5.32 Å². The van der Waals surface area contributed by atoms with Crippen molar-refractivity contribution in [3.63, 3.8) is 0 Å². The minimum absolute atomic E-state index is 0.0980. The third-order valence-electron chi connectivity index (χ3n) is 3.74. The molecule has 2 aromatic rings. The molecule has 19 heavy (non-hydrogen) atoms. The van der Waals surface area contributed by atoms with Crippen LogP contribution in [0.2, 0.25) is 0 Å². The fraction of sp³-hybridized carbons (Fsp3) is 0.429. The second-order valence-electron chi connectivity index (χ2n) is 5.37. The van der Waals surface area contributed by atoms with Gasteiger partial charge in [-0.2, -0.15) is 4.98 Å². The number of hydrogen-bond acceptors (Lipinski definition) is 4. The second-order valence-corrected chi connectivity index (χ2v) is 5.37. The molecule has 0 saturated carbocycles. The van der Waals surface area contributed by atoms with Crippen molar-refractivity contribution in [2.75, 3.05) is 13.1 Å². The van der Waals surface area contributed by atoms with Gasteiger partial charge in [-0.05, 0) is 50.6 Å². The number of hydrogen-bond donors (Lipinski definition) is 1. The first-order valence-corrected chi connectivity index (χ1v) is 6.40. The molecule has 0 aliphatic carbocycles. The standard InChI is InChI=1S/C14H16FN3O/c1-9-7-10(15)3-4-11(9)12-17-13(19-18-12)14(2)5-6-16-8-14/h3-4,7,16H,5-6,8H2,1-2H3. The molecule has 0 radical (unpaired) electrons. The lowest BCUT2D eigenvalue weighted by atomic mass is 9.90. The van der Waals surface area contributed by atoms with E-state index in [9.17, 15) is 4.39 Å². The van der Waals surface area contributed by atoms with Crippen LogP contribution in [0.3, 0.4) is 0 Å². The van der Waals surface area contributed by atoms with Gasteiger partial charge >= 0.3 is 0 Å². The second kappa shape index (κ2) is 4.42. The summed E-state index contributed by atoms with van der Waals surface area (Å²) >= 11 is 0. The zero-order valence-electron chi connectivity index (χ0n) is 11.0. The van der Waals surface area contributed by atoms with Crippen LogP contribution >= 0.6 is 0 Å². The van der Waals surface area contributed by atoms with Gasteiger partial charge in [0, 0.05) is 12.1 Å². The van der Waals surface area contributed by atoms with Crippen LogP contribution in [0.1, 0.15) is 24.8 Å². The summed E-state index contributed by atoms with van der Waals surface area (Å²) in [5.74, 6) is 0.925. The summed E-state index contributed by atoms with van der Waals surface area (Å²) in [6.07, 6.45) is 0.983. The van der Waals surface area contributed by atoms with E-state index in [0.717, 1.165) is 30.6 Å². The molecule has 1 atom stereocenters. The van der Waals surface area contributed by atoms with Gasteiger partial charge in [0.25, 0.3) is 0 Å². The van der Waals surface area contributed by atoms with E-state index in [2.05, 4.69) is 22.4 Å². The summed E-state index contributed by atoms with van der Waals surface area (Å²) in [7, 11) is 0. The summed E-state index contributed by atoms with van der Waals surface area (Å²) in [5, 5.41) is 7.33. The number of aromatic nitrogens is 2. The molecule has 4 nitrogen and oxygen atoms in total. The Morgan fingerprint density at radius 1 is 1.42 bits per heavy atom. The molecule has 100 valence electrons. The van der Waals surface area contributed by atoms with Crippen molar-refractivity contribution >= 4 is 0 Å². The van der Waals surface area contributed by atoms with Crippen LogP contribution in [-0.4, -0.2) is 23.2 Å². The molecule has 1 saturated heterocycles. The van der Waals surface area contributed by atoms with E-state index in [4.69, 9.17) is 4.52 Å². The first-order valence-electron chi connectivity index (χ1n) is 6.40. The highest BCUT2D eigenvalue weighted by atomic mass is 19.1. The van der Waals surface area contributed by atoms with Gasteiger partial charge in [0.05, 0.1) is 5.41 Å². The Kier molecular flexibility index (Phi) is 2.86. The van der Waals surface area contributed by atoms with Gasteiger partial charge < -0.3 is 9.84 Å². The highest BCUT2D eigenvalue weighted by Crippen LogP contribution is 2.30. The van der Waals surface area contributed by atoms with Gasteiger partial charge in [-0.1, -0.05) is 5.16 Å². The maximum Gasteiger partial charge on any atom is 0.234 e. The van der Waals surface area contributed by atoms with Gasteiger partial charge in [0.15, 0.2) is 0 Å². The first-order chi connectivity index (χ1) is 9.08. The highest BCUT2D eigenvalue weighted by molar-refractivity contribution is 5.59. The largest absolute Gasteiger partial charge is 0.338 e. The quantitative estimate of drug-likeness (QED) is 0.902. The van der Waals surface area contributed by atoms with E-state index in [1.807, 2.05) is 6.92 Å². The molecular formula is C14H16FN3O. The van der Waals surface area contributed by atoms with Gasteiger partial charge in [-0.25, -0.2) is 4.39 Å². The minimum atomic E-state index is -0.253. The third-order valence-corrected chi connectivity index (χ3v) is 3.74. The maximum absolute atomic E-state index is 13.1. The van der Waals surface area contributed by atoms with Crippen molar-refractivity contribution in [1.82, 2.24) is 15.5 Å². The predicted molar refractivity (Wildman–Crippen MR) is 69.3 cm³/mol. The Labute approximate surface area is 111 Å². The van der Waals surface area contributed by atoms with Crippen molar-refractivity contribution in [3.8, 4) is 11.4 Å². The zero-order valence-corrected chi connectivity index (χ0v) is 11.0. The fourth-order valence-corrected chi connectivity index (χ4v) is 2.46. The molecule has 1 fully saturated rings. The van der Waals surface area contributed by atoms with Gasteiger partial charge in [-0.3, -0.25) is 0 Å². The number of aryl methyl sites for hydroxylation is 1. The number of rotatable bonds is 2. The molecule has 1 N–H and O–H groups in total. The number of halogens is 1. The van der Waals surface area contributed by atoms with E-state index in [0.29, 0.717) is 11.7 Å². The number of benzene rings is 1. The lowest BCUT2D eigenvalue weighted by Crippen LogP contribution is -2.25. The molecule has 2 heterocycles. The van der Waals surface area contributed by atoms with E-state index < -0.39 is 0 Å². The van der Waals surface area contributed by atoms with Gasteiger partial charge in [0.1, 0.15) is 5.82 Å². The van der Waals surface area contributed by atoms with Crippen LogP contribution in [0.25, 0.3) is 11.4 Å². The monoisotopic (exact) mass is 261 g/mol. The molecule has 1 unspecified atom stereocenters. The molecule has 0 amide bonds. The third kappa shape index (κ3) is 2.14. The van der Waals surface area contributed by atoms with Gasteiger partial charge in [-0.15, -0.1) is 0 Å². The number of nitrogens with one attached hydrogen (secondary N) is 1. The summed E-state index contributed by atoms with van der Waals surface area (Å²) in [6, 6.07) is 4.58. The Bertz CT molecular complexity index is 602. The molecule has 1 aromatic heterocycles. The smallest absolute Gasteiger partial charge is 0.234 e. The normalized spacial score (nSPS) is 22.9. The van der Waals surface area contributed by atoms with E-state index in [1.54, 1.807) is 6.07 Å². The van der Waals surface area contributed by atoms with Crippen LogP contribution in [0.4, 0.5) is 4.39 Å². The average molecular weight is 261 g/mol. The topological polar surface area (TPSA) is 51.0 Å². The Balaban J connectivity index is 1.97. The summed E-state index contributed by atoms with van der Waals surface area (Å²) in [5.41, 5.74) is 1.52. The Morgan fingerprint density at radius 3 is 2.95 bits per heavy atom. The lowest BCUT2D eigenvalue weighted by Gasteiger charge is -2.15. The number of nitrogens with zero attached hydrogens (tertiary/aromatic N) is 2. The minimum Gasteiger partial charge on any atom is -0.338 e. The summed E-state index contributed by atoms with van der Waals surface area (Å²) in [6.45, 7) is 5.76. The maximum atomic E-state index is 13.1. The zero-order chi connectivity index (χ0) is 13.5. The van der Waals surface area contributed by atoms with Crippen molar-refractivity contribution in [2.45, 2.75) is 25.7 Å². The Morgan fingerprint density at radius 2 is 2.26 bits per heavy atom. The molecule has 0 spiro atoms. The molecule has 1 aliphatic heterocycles. The molecule has 5 heteroatoms. The van der Waals surface area contributed by atoms with Crippen molar-refractivity contribution < 1.29 is 8.91 Å². The van der Waals surface area contributed by atoms with Crippen LogP contribution in [-0.2, 0) is 5.41 Å². The van der Waals surface area contributed by atoms with Crippen molar-refractivity contribution in [2.24, 2.45) is 0 Å². The van der Waals surface area contributed by atoms with Crippen LogP contribution in [0.5, 0.6) is 0 Å². The molecule has 1 aromatic carbocycles. The summed E-state index contributed by atoms with van der Waals surface area (Å²) < 4.78 is 18.5. The molecule has 0 bridgehead atoms.